The molecule has 0 heterocycles. The Labute approximate surface area is 209 Å². The number of aromatic hydroxyl groups is 1. The molecule has 10 nitrogen and oxygen atoms in total. The second kappa shape index (κ2) is 9.17. The van der Waals surface area contributed by atoms with Gasteiger partial charge in [0.1, 0.15) is 5.75 Å². The molecule has 1 aromatic carbocycles. The van der Waals surface area contributed by atoms with E-state index in [1.54, 1.807) is 20.2 Å². The van der Waals surface area contributed by atoms with E-state index < -0.39 is 64.4 Å². The van der Waals surface area contributed by atoms with Gasteiger partial charge in [-0.3, -0.25) is 33.8 Å². The zero-order valence-corrected chi connectivity index (χ0v) is 21.0. The number of carbonyl (C=O) groups is 5. The Hall–Kier alpha value is -2.95. The molecule has 6 atom stereocenters. The maximum Gasteiger partial charge on any atom is 0.235 e. The highest BCUT2D eigenvalue weighted by atomic mass is 16.3. The average molecular weight is 500 g/mol. The number of benzene rings is 1. The summed E-state index contributed by atoms with van der Waals surface area (Å²) in [5, 5.41) is 22.2. The Morgan fingerprint density at radius 2 is 1.75 bits per heavy atom. The van der Waals surface area contributed by atoms with Crippen molar-refractivity contribution in [3.63, 3.8) is 0 Å². The van der Waals surface area contributed by atoms with E-state index in [1.807, 2.05) is 13.8 Å². The minimum Gasteiger partial charge on any atom is -0.507 e. The SMILES string of the molecule is CCN(CC)Cc1ccc(O)c2c1C[C@H]1C[C@H]3C(N(C)C)C(=O)C(C(N)=O)C(=O)[C@@]3(O)C(=O)C1C2=O. The van der Waals surface area contributed by atoms with Gasteiger partial charge in [0.25, 0.3) is 0 Å². The van der Waals surface area contributed by atoms with E-state index in [9.17, 15) is 34.2 Å². The molecule has 0 aliphatic heterocycles. The Kier molecular flexibility index (Phi) is 6.65. The largest absolute Gasteiger partial charge is 0.507 e. The first kappa shape index (κ1) is 26.1. The van der Waals surface area contributed by atoms with E-state index in [0.717, 1.165) is 18.7 Å². The van der Waals surface area contributed by atoms with Gasteiger partial charge in [-0.1, -0.05) is 19.9 Å². The van der Waals surface area contributed by atoms with Gasteiger partial charge in [0, 0.05) is 12.5 Å². The Morgan fingerprint density at radius 1 is 1.11 bits per heavy atom. The molecular formula is C26H33N3O7. The summed E-state index contributed by atoms with van der Waals surface area (Å²) in [4.78, 5) is 69.6. The zero-order chi connectivity index (χ0) is 26.7. The molecule has 0 aromatic heterocycles. The number of nitrogens with two attached hydrogens (primary N) is 1. The van der Waals surface area contributed by atoms with Crippen molar-refractivity contribution in [3.8, 4) is 5.75 Å². The van der Waals surface area contributed by atoms with Crippen LogP contribution in [-0.4, -0.2) is 87.9 Å². The number of rotatable bonds is 6. The third kappa shape index (κ3) is 3.62. The van der Waals surface area contributed by atoms with Crippen LogP contribution in [0.2, 0.25) is 0 Å². The van der Waals surface area contributed by atoms with Gasteiger partial charge in [-0.2, -0.15) is 0 Å². The van der Waals surface area contributed by atoms with Crippen molar-refractivity contribution in [3.05, 3.63) is 28.8 Å². The maximum atomic E-state index is 13.8. The molecule has 194 valence electrons. The number of nitrogens with zero attached hydrogens (tertiary/aromatic N) is 2. The van der Waals surface area contributed by atoms with Gasteiger partial charge < -0.3 is 15.9 Å². The normalized spacial score (nSPS) is 31.9. The van der Waals surface area contributed by atoms with E-state index in [2.05, 4.69) is 4.90 Å². The minimum absolute atomic E-state index is 0.0336. The standard InChI is InChI=1S/C26H33N3O7/c1-5-29(6-2)11-12-7-8-16(30)18-14(12)9-13-10-15-20(28(3)4)22(32)19(25(27)35)24(34)26(15,36)23(33)17(13)21(18)31/h7-8,13,15,17,19-20,30,36H,5-6,9-11H2,1-4H3,(H2,27,35)/t13-,15-,17?,19?,20?,26-/m0/s1. The molecule has 1 amide bonds. The first-order valence-corrected chi connectivity index (χ1v) is 12.3. The Bertz CT molecular complexity index is 1160. The van der Waals surface area contributed by atoms with Crippen LogP contribution in [0.1, 0.15) is 41.8 Å². The number of amides is 1. The molecule has 2 fully saturated rings. The van der Waals surface area contributed by atoms with Crippen molar-refractivity contribution in [1.29, 1.82) is 0 Å². The van der Waals surface area contributed by atoms with Gasteiger partial charge in [-0.25, -0.2) is 0 Å². The molecule has 1 aromatic rings. The molecule has 3 aliphatic carbocycles. The summed E-state index contributed by atoms with van der Waals surface area (Å²) in [6, 6.07) is 2.09. The summed E-state index contributed by atoms with van der Waals surface area (Å²) >= 11 is 0. The van der Waals surface area contributed by atoms with Gasteiger partial charge in [-0.05, 0) is 63.1 Å². The van der Waals surface area contributed by atoms with Crippen LogP contribution in [0.3, 0.4) is 0 Å². The summed E-state index contributed by atoms with van der Waals surface area (Å²) in [6.07, 6.45) is 0.321. The molecule has 0 saturated heterocycles. The highest BCUT2D eigenvalue weighted by Crippen LogP contribution is 2.51. The lowest BCUT2D eigenvalue weighted by molar-refractivity contribution is -0.181. The van der Waals surface area contributed by atoms with Crippen molar-refractivity contribution >= 4 is 29.0 Å². The lowest BCUT2D eigenvalue weighted by atomic mass is 9.52. The number of carbonyl (C=O) groups excluding carboxylic acids is 5. The molecular weight excluding hydrogens is 466 g/mol. The number of hydrogen-bond donors (Lipinski definition) is 3. The first-order chi connectivity index (χ1) is 16.9. The molecule has 0 radical (unpaired) electrons. The lowest BCUT2D eigenvalue weighted by Gasteiger charge is -2.52. The molecule has 4 N–H and O–H groups in total. The minimum atomic E-state index is -2.70. The highest BCUT2D eigenvalue weighted by Gasteiger charge is 2.69. The van der Waals surface area contributed by atoms with Crippen LogP contribution >= 0.6 is 0 Å². The number of fused-ring (bicyclic) bond motifs is 3. The Morgan fingerprint density at radius 3 is 2.31 bits per heavy atom. The van der Waals surface area contributed by atoms with Gasteiger partial charge in [0.2, 0.25) is 5.91 Å². The number of Topliss-reactive ketones (excluding diaryl/α,β-unsaturated/α-hetero) is 4. The third-order valence-corrected chi connectivity index (χ3v) is 8.33. The first-order valence-electron chi connectivity index (χ1n) is 12.3. The zero-order valence-electron chi connectivity index (χ0n) is 21.0. The summed E-state index contributed by atoms with van der Waals surface area (Å²) in [5.74, 6) is -10.2. The highest BCUT2D eigenvalue weighted by molar-refractivity contribution is 6.32. The van der Waals surface area contributed by atoms with Crippen molar-refractivity contribution in [2.75, 3.05) is 27.2 Å². The summed E-state index contributed by atoms with van der Waals surface area (Å²) in [5.41, 5.74) is 4.17. The van der Waals surface area contributed by atoms with Gasteiger partial charge in [0.15, 0.2) is 34.7 Å². The van der Waals surface area contributed by atoms with E-state index in [1.165, 1.54) is 11.0 Å². The van der Waals surface area contributed by atoms with Crippen molar-refractivity contribution in [1.82, 2.24) is 9.80 Å². The Balaban J connectivity index is 1.83. The van der Waals surface area contributed by atoms with Crippen molar-refractivity contribution in [2.24, 2.45) is 29.4 Å². The predicted octanol–water partition coefficient (Wildman–Crippen LogP) is -0.291. The van der Waals surface area contributed by atoms with E-state index in [0.29, 0.717) is 12.1 Å². The number of primary amides is 1. The van der Waals surface area contributed by atoms with E-state index in [4.69, 9.17) is 5.73 Å². The molecule has 0 bridgehead atoms. The molecule has 2 saturated carbocycles. The molecule has 0 spiro atoms. The summed E-state index contributed by atoms with van der Waals surface area (Å²) in [7, 11) is 3.13. The lowest BCUT2D eigenvalue weighted by Crippen LogP contribution is -2.74. The second-order valence-electron chi connectivity index (χ2n) is 10.3. The topological polar surface area (TPSA) is 158 Å². The monoisotopic (exact) mass is 499 g/mol. The predicted molar refractivity (Wildman–Crippen MR) is 128 cm³/mol. The van der Waals surface area contributed by atoms with Crippen LogP contribution in [0, 0.1) is 23.7 Å². The van der Waals surface area contributed by atoms with Gasteiger partial charge >= 0.3 is 0 Å². The van der Waals surface area contributed by atoms with Gasteiger partial charge in [0.05, 0.1) is 17.5 Å². The quantitative estimate of drug-likeness (QED) is 0.447. The fourth-order valence-corrected chi connectivity index (χ4v) is 6.51. The molecule has 4 rings (SSSR count). The van der Waals surface area contributed by atoms with Crippen LogP contribution < -0.4 is 5.73 Å². The third-order valence-electron chi connectivity index (χ3n) is 8.33. The van der Waals surface area contributed by atoms with Crippen LogP contribution in [0.15, 0.2) is 12.1 Å². The summed E-state index contributed by atoms with van der Waals surface area (Å²) in [6.45, 7) is 6.18. The van der Waals surface area contributed by atoms with Crippen LogP contribution in [0.5, 0.6) is 5.75 Å². The van der Waals surface area contributed by atoms with Gasteiger partial charge in [-0.15, -0.1) is 0 Å². The smallest absolute Gasteiger partial charge is 0.235 e. The van der Waals surface area contributed by atoms with Crippen molar-refractivity contribution < 1.29 is 34.2 Å². The fraction of sp³-hybridized carbons (Fsp3) is 0.577. The number of phenolic OH excluding ortho intramolecular Hbond substituents is 1. The van der Waals surface area contributed by atoms with Crippen LogP contribution in [0.4, 0.5) is 0 Å². The number of ketones is 4. The van der Waals surface area contributed by atoms with Crippen LogP contribution in [0.25, 0.3) is 0 Å². The molecule has 36 heavy (non-hydrogen) atoms. The number of aliphatic hydroxyl groups is 1. The fourth-order valence-electron chi connectivity index (χ4n) is 6.51. The number of hydrogen-bond acceptors (Lipinski definition) is 9. The molecule has 3 unspecified atom stereocenters. The number of phenols is 1. The van der Waals surface area contributed by atoms with E-state index >= 15 is 0 Å². The number of likely N-dealkylation sites (N-methyl/N-ethyl adjacent to an activating group) is 1. The maximum absolute atomic E-state index is 13.8. The second-order valence-corrected chi connectivity index (χ2v) is 10.3. The van der Waals surface area contributed by atoms with E-state index in [-0.39, 0.29) is 24.2 Å². The summed E-state index contributed by atoms with van der Waals surface area (Å²) < 4.78 is 0. The molecule has 3 aliphatic rings. The average Bonchev–Trinajstić information content (AvgIpc) is 2.80. The molecule has 10 heteroatoms. The van der Waals surface area contributed by atoms with Crippen LogP contribution in [-0.2, 0) is 32.1 Å². The van der Waals surface area contributed by atoms with Crippen molar-refractivity contribution in [2.45, 2.75) is 44.9 Å².